The smallest absolute Gasteiger partial charge is 0.282 e. The number of nitrogens with zero attached hydrogens (tertiary/aromatic N) is 3. The topological polar surface area (TPSA) is 47.3 Å². The van der Waals surface area contributed by atoms with Gasteiger partial charge in [0, 0.05) is 6.20 Å². The molecule has 0 saturated heterocycles. The molecule has 2 rings (SSSR count). The summed E-state index contributed by atoms with van der Waals surface area (Å²) in [5.41, 5.74) is -1.22. The highest BCUT2D eigenvalue weighted by Crippen LogP contribution is 2.26. The van der Waals surface area contributed by atoms with E-state index in [2.05, 4.69) is 9.97 Å². The lowest BCUT2D eigenvalue weighted by Gasteiger charge is -2.08. The molecule has 2 heterocycles. The van der Waals surface area contributed by atoms with E-state index in [9.17, 15) is 18.0 Å². The number of aromatic nitrogens is 3. The summed E-state index contributed by atoms with van der Waals surface area (Å²) in [5.74, 6) is -1.27. The first-order valence-electron chi connectivity index (χ1n) is 3.91. The Kier molecular flexibility index (Phi) is 1.95. The maximum absolute atomic E-state index is 12.4. The SMILES string of the molecule is O=c1nc(C(F)(F)F)n2ccccc2n1. The lowest BCUT2D eigenvalue weighted by molar-refractivity contribution is -0.146. The van der Waals surface area contributed by atoms with Crippen molar-refractivity contribution in [1.82, 2.24) is 14.4 Å². The molecule has 0 N–H and O–H groups in total. The normalized spacial score (nSPS) is 11.9. The van der Waals surface area contributed by atoms with Crippen LogP contribution in [0.15, 0.2) is 29.2 Å². The molecule has 0 atom stereocenters. The van der Waals surface area contributed by atoms with Crippen molar-refractivity contribution in [3.63, 3.8) is 0 Å². The minimum Gasteiger partial charge on any atom is -0.282 e. The summed E-state index contributed by atoms with van der Waals surface area (Å²) in [7, 11) is 0. The average molecular weight is 215 g/mol. The maximum Gasteiger partial charge on any atom is 0.450 e. The van der Waals surface area contributed by atoms with Crippen LogP contribution in [0.4, 0.5) is 13.2 Å². The second kappa shape index (κ2) is 3.04. The lowest BCUT2D eigenvalue weighted by Crippen LogP contribution is -2.23. The summed E-state index contributed by atoms with van der Waals surface area (Å²) >= 11 is 0. The summed E-state index contributed by atoms with van der Waals surface area (Å²) < 4.78 is 38.1. The van der Waals surface area contributed by atoms with Crippen LogP contribution in [0.2, 0.25) is 0 Å². The Morgan fingerprint density at radius 2 is 1.93 bits per heavy atom. The number of hydrogen-bond donors (Lipinski definition) is 0. The molecular formula is C8H4F3N3O. The van der Waals surface area contributed by atoms with Crippen LogP contribution in [0.1, 0.15) is 5.82 Å². The molecule has 0 aromatic carbocycles. The van der Waals surface area contributed by atoms with E-state index in [4.69, 9.17) is 0 Å². The van der Waals surface area contributed by atoms with Crippen LogP contribution in [0.3, 0.4) is 0 Å². The number of rotatable bonds is 0. The standard InChI is InChI=1S/C8H4F3N3O/c9-8(10,11)6-13-7(15)12-5-3-1-2-4-14(5)6/h1-4H. The highest BCUT2D eigenvalue weighted by atomic mass is 19.4. The van der Waals surface area contributed by atoms with Crippen molar-refractivity contribution in [3.8, 4) is 0 Å². The fraction of sp³-hybridized carbons (Fsp3) is 0.125. The Labute approximate surface area is 81.0 Å². The van der Waals surface area contributed by atoms with Crippen molar-refractivity contribution in [3.05, 3.63) is 40.7 Å². The van der Waals surface area contributed by atoms with Gasteiger partial charge in [-0.15, -0.1) is 0 Å². The van der Waals surface area contributed by atoms with Crippen LogP contribution in [-0.4, -0.2) is 14.4 Å². The Morgan fingerprint density at radius 1 is 1.20 bits per heavy atom. The van der Waals surface area contributed by atoms with Crippen molar-refractivity contribution in [2.24, 2.45) is 0 Å². The first-order chi connectivity index (χ1) is 6.98. The van der Waals surface area contributed by atoms with Gasteiger partial charge in [-0.2, -0.15) is 23.1 Å². The summed E-state index contributed by atoms with van der Waals surface area (Å²) in [5, 5.41) is 0. The first-order valence-corrected chi connectivity index (χ1v) is 3.91. The Balaban J connectivity index is 2.89. The molecule has 0 aliphatic carbocycles. The van der Waals surface area contributed by atoms with Crippen LogP contribution in [0.25, 0.3) is 5.65 Å². The molecule has 78 valence electrons. The minimum absolute atomic E-state index is 0.0789. The number of pyridine rings is 1. The third-order valence-electron chi connectivity index (χ3n) is 1.73. The predicted octanol–water partition coefficient (Wildman–Crippen LogP) is 1.11. The molecule has 15 heavy (non-hydrogen) atoms. The second-order valence-electron chi connectivity index (χ2n) is 2.76. The monoisotopic (exact) mass is 215 g/mol. The Morgan fingerprint density at radius 3 is 2.60 bits per heavy atom. The molecule has 2 aromatic heterocycles. The van der Waals surface area contributed by atoms with Gasteiger partial charge in [-0.25, -0.2) is 4.79 Å². The van der Waals surface area contributed by atoms with Crippen LogP contribution >= 0.6 is 0 Å². The maximum atomic E-state index is 12.4. The molecule has 0 bridgehead atoms. The predicted molar refractivity (Wildman–Crippen MR) is 44.3 cm³/mol. The largest absolute Gasteiger partial charge is 0.450 e. The van der Waals surface area contributed by atoms with Gasteiger partial charge in [-0.3, -0.25) is 4.40 Å². The molecule has 0 radical (unpaired) electrons. The fourth-order valence-electron chi connectivity index (χ4n) is 1.17. The zero-order chi connectivity index (χ0) is 11.1. The first kappa shape index (κ1) is 9.63. The van der Waals surface area contributed by atoms with E-state index in [-0.39, 0.29) is 5.65 Å². The summed E-state index contributed by atoms with van der Waals surface area (Å²) in [6.45, 7) is 0. The third kappa shape index (κ3) is 1.67. The van der Waals surface area contributed by atoms with Crippen molar-refractivity contribution in [1.29, 1.82) is 0 Å². The lowest BCUT2D eigenvalue weighted by atomic mass is 10.4. The fourth-order valence-corrected chi connectivity index (χ4v) is 1.17. The number of hydrogen-bond acceptors (Lipinski definition) is 3. The molecule has 0 saturated carbocycles. The molecule has 0 spiro atoms. The molecule has 0 unspecified atom stereocenters. The van der Waals surface area contributed by atoms with Crippen molar-refractivity contribution < 1.29 is 13.2 Å². The minimum atomic E-state index is -4.67. The second-order valence-corrected chi connectivity index (χ2v) is 2.76. The van der Waals surface area contributed by atoms with Crippen LogP contribution in [0.5, 0.6) is 0 Å². The summed E-state index contributed by atoms with van der Waals surface area (Å²) in [6.07, 6.45) is -3.52. The zero-order valence-electron chi connectivity index (χ0n) is 7.19. The summed E-state index contributed by atoms with van der Waals surface area (Å²) in [4.78, 5) is 17.0. The zero-order valence-corrected chi connectivity index (χ0v) is 7.19. The van der Waals surface area contributed by atoms with Gasteiger partial charge < -0.3 is 0 Å². The van der Waals surface area contributed by atoms with E-state index >= 15 is 0 Å². The molecule has 2 aromatic rings. The van der Waals surface area contributed by atoms with E-state index < -0.39 is 17.7 Å². The van der Waals surface area contributed by atoms with Crippen LogP contribution in [0, 0.1) is 0 Å². The highest BCUT2D eigenvalue weighted by Gasteiger charge is 2.36. The Hall–Kier alpha value is -1.92. The number of fused-ring (bicyclic) bond motifs is 1. The van der Waals surface area contributed by atoms with Crippen molar-refractivity contribution in [2.45, 2.75) is 6.18 Å². The van der Waals surface area contributed by atoms with E-state index in [0.717, 1.165) is 10.6 Å². The van der Waals surface area contributed by atoms with Gasteiger partial charge in [-0.05, 0) is 12.1 Å². The van der Waals surface area contributed by atoms with Gasteiger partial charge in [0.15, 0.2) is 0 Å². The van der Waals surface area contributed by atoms with Gasteiger partial charge in [0.2, 0.25) is 5.82 Å². The van der Waals surface area contributed by atoms with Crippen molar-refractivity contribution >= 4 is 5.65 Å². The van der Waals surface area contributed by atoms with Gasteiger partial charge in [-0.1, -0.05) is 6.07 Å². The van der Waals surface area contributed by atoms with Crippen molar-refractivity contribution in [2.75, 3.05) is 0 Å². The van der Waals surface area contributed by atoms with E-state index in [0.29, 0.717) is 0 Å². The van der Waals surface area contributed by atoms with E-state index in [1.165, 1.54) is 18.2 Å². The van der Waals surface area contributed by atoms with Gasteiger partial charge in [0.05, 0.1) is 0 Å². The summed E-state index contributed by atoms with van der Waals surface area (Å²) in [6, 6.07) is 4.19. The van der Waals surface area contributed by atoms with Crippen LogP contribution < -0.4 is 5.69 Å². The average Bonchev–Trinajstić information content (AvgIpc) is 2.15. The number of halogens is 3. The van der Waals surface area contributed by atoms with E-state index in [1.807, 2.05) is 0 Å². The number of alkyl halides is 3. The molecular weight excluding hydrogens is 211 g/mol. The quantitative estimate of drug-likeness (QED) is 0.661. The molecule has 0 fully saturated rings. The molecule has 0 aliphatic rings. The third-order valence-corrected chi connectivity index (χ3v) is 1.73. The molecule has 7 heteroatoms. The molecule has 4 nitrogen and oxygen atoms in total. The molecule has 0 amide bonds. The van der Waals surface area contributed by atoms with Gasteiger partial charge in [0.1, 0.15) is 5.65 Å². The van der Waals surface area contributed by atoms with Gasteiger partial charge in [0.25, 0.3) is 0 Å². The highest BCUT2D eigenvalue weighted by molar-refractivity contribution is 5.37. The van der Waals surface area contributed by atoms with E-state index in [1.54, 1.807) is 0 Å². The molecule has 0 aliphatic heterocycles. The van der Waals surface area contributed by atoms with Crippen LogP contribution in [-0.2, 0) is 6.18 Å². The Bertz CT molecular complexity index is 561. The van der Waals surface area contributed by atoms with Gasteiger partial charge >= 0.3 is 11.9 Å².